The summed E-state index contributed by atoms with van der Waals surface area (Å²) in [5.41, 5.74) is 1.05. The molecule has 27 heavy (non-hydrogen) atoms. The fourth-order valence-electron chi connectivity index (χ4n) is 3.81. The van der Waals surface area contributed by atoms with Crippen LogP contribution in [0.15, 0.2) is 24.3 Å². The van der Waals surface area contributed by atoms with Crippen LogP contribution in [-0.2, 0) is 20.7 Å². The lowest BCUT2D eigenvalue weighted by Crippen LogP contribution is -2.51. The second-order valence-corrected chi connectivity index (χ2v) is 7.27. The van der Waals surface area contributed by atoms with Crippen LogP contribution in [0.1, 0.15) is 37.7 Å². The van der Waals surface area contributed by atoms with Crippen molar-refractivity contribution < 1.29 is 19.1 Å². The molecule has 2 saturated heterocycles. The van der Waals surface area contributed by atoms with E-state index in [1.54, 1.807) is 7.11 Å². The van der Waals surface area contributed by atoms with Gasteiger partial charge in [0.15, 0.2) is 0 Å². The van der Waals surface area contributed by atoms with Gasteiger partial charge < -0.3 is 19.3 Å². The Hall–Kier alpha value is -2.08. The number of rotatable bonds is 6. The number of nitrogens with zero attached hydrogens (tertiary/aromatic N) is 2. The van der Waals surface area contributed by atoms with Gasteiger partial charge in [-0.2, -0.15) is 0 Å². The fraction of sp³-hybridized carbons (Fsp3) is 0.619. The van der Waals surface area contributed by atoms with E-state index < -0.39 is 0 Å². The van der Waals surface area contributed by atoms with Gasteiger partial charge in [-0.3, -0.25) is 9.59 Å². The van der Waals surface area contributed by atoms with Crippen LogP contribution in [0.3, 0.4) is 0 Å². The molecule has 0 spiro atoms. The fourth-order valence-corrected chi connectivity index (χ4v) is 3.81. The molecule has 6 nitrogen and oxygen atoms in total. The predicted molar refractivity (Wildman–Crippen MR) is 103 cm³/mol. The summed E-state index contributed by atoms with van der Waals surface area (Å²) in [7, 11) is 1.65. The third-order valence-electron chi connectivity index (χ3n) is 5.46. The van der Waals surface area contributed by atoms with Gasteiger partial charge in [0.2, 0.25) is 11.8 Å². The van der Waals surface area contributed by atoms with Crippen LogP contribution < -0.4 is 4.74 Å². The molecule has 0 N–H and O–H groups in total. The number of para-hydroxylation sites is 1. The van der Waals surface area contributed by atoms with Crippen LogP contribution in [0.5, 0.6) is 5.75 Å². The molecule has 1 unspecified atom stereocenters. The van der Waals surface area contributed by atoms with Gasteiger partial charge in [-0.15, -0.1) is 0 Å². The molecule has 2 aliphatic rings. The Kier molecular flexibility index (Phi) is 7.10. The molecule has 6 heteroatoms. The van der Waals surface area contributed by atoms with Crippen LogP contribution in [-0.4, -0.2) is 67.6 Å². The molecule has 1 atom stereocenters. The summed E-state index contributed by atoms with van der Waals surface area (Å²) in [5, 5.41) is 0. The van der Waals surface area contributed by atoms with Gasteiger partial charge >= 0.3 is 0 Å². The van der Waals surface area contributed by atoms with Crippen molar-refractivity contribution in [2.75, 3.05) is 39.9 Å². The van der Waals surface area contributed by atoms with Gasteiger partial charge in [0, 0.05) is 39.2 Å². The first-order valence-electron chi connectivity index (χ1n) is 9.96. The number of methoxy groups -OCH3 is 1. The zero-order chi connectivity index (χ0) is 19.1. The standard InChI is InChI=1S/C21H30N2O4/c1-26-19-8-3-2-6-17(19)9-10-20(24)22-11-13-23(14-12-22)21(25)16-18-7-4-5-15-27-18/h2-3,6,8,18H,4-5,7,9-16H2,1H3. The zero-order valence-electron chi connectivity index (χ0n) is 16.2. The SMILES string of the molecule is COc1ccccc1CCC(=O)N1CCN(C(=O)CC2CCCCO2)CC1. The zero-order valence-corrected chi connectivity index (χ0v) is 16.2. The molecule has 1 aromatic rings. The average molecular weight is 374 g/mol. The van der Waals surface area contributed by atoms with Gasteiger partial charge in [0.1, 0.15) is 5.75 Å². The Balaban J connectivity index is 1.41. The summed E-state index contributed by atoms with van der Waals surface area (Å²) in [6, 6.07) is 7.80. The summed E-state index contributed by atoms with van der Waals surface area (Å²) in [5.74, 6) is 1.12. The number of ether oxygens (including phenoxy) is 2. The molecular weight excluding hydrogens is 344 g/mol. The van der Waals surface area contributed by atoms with Gasteiger partial charge in [-0.05, 0) is 37.3 Å². The monoisotopic (exact) mass is 374 g/mol. The molecule has 2 amide bonds. The maximum Gasteiger partial charge on any atom is 0.225 e. The molecule has 148 valence electrons. The van der Waals surface area contributed by atoms with E-state index in [0.717, 1.165) is 37.2 Å². The highest BCUT2D eigenvalue weighted by Gasteiger charge is 2.26. The van der Waals surface area contributed by atoms with Crippen LogP contribution in [0.4, 0.5) is 0 Å². The number of amides is 2. The summed E-state index contributed by atoms with van der Waals surface area (Å²) in [6.45, 7) is 3.23. The minimum Gasteiger partial charge on any atom is -0.496 e. The number of hydrogen-bond acceptors (Lipinski definition) is 4. The van der Waals surface area contributed by atoms with E-state index in [9.17, 15) is 9.59 Å². The molecule has 0 bridgehead atoms. The first-order chi connectivity index (χ1) is 13.2. The van der Waals surface area contributed by atoms with Crippen LogP contribution >= 0.6 is 0 Å². The number of hydrogen-bond donors (Lipinski definition) is 0. The molecule has 2 fully saturated rings. The van der Waals surface area contributed by atoms with Gasteiger partial charge in [0.05, 0.1) is 19.6 Å². The van der Waals surface area contributed by atoms with E-state index >= 15 is 0 Å². The minimum atomic E-state index is 0.0757. The number of benzene rings is 1. The predicted octanol–water partition coefficient (Wildman–Crippen LogP) is 2.26. The lowest BCUT2D eigenvalue weighted by molar-refractivity contribution is -0.141. The van der Waals surface area contributed by atoms with Crippen molar-refractivity contribution in [2.24, 2.45) is 0 Å². The first kappa shape index (κ1) is 19.7. The second-order valence-electron chi connectivity index (χ2n) is 7.27. The van der Waals surface area contributed by atoms with Crippen molar-refractivity contribution in [3.8, 4) is 5.75 Å². The summed E-state index contributed by atoms with van der Waals surface area (Å²) < 4.78 is 11.0. The van der Waals surface area contributed by atoms with Crippen molar-refractivity contribution in [3.05, 3.63) is 29.8 Å². The topological polar surface area (TPSA) is 59.1 Å². The van der Waals surface area contributed by atoms with E-state index in [1.165, 1.54) is 0 Å². The number of carbonyl (C=O) groups is 2. The van der Waals surface area contributed by atoms with E-state index in [4.69, 9.17) is 9.47 Å². The summed E-state index contributed by atoms with van der Waals surface area (Å²) in [6.07, 6.45) is 4.90. The van der Waals surface area contributed by atoms with Crippen molar-refractivity contribution >= 4 is 11.8 Å². The van der Waals surface area contributed by atoms with Crippen LogP contribution in [0.2, 0.25) is 0 Å². The van der Waals surface area contributed by atoms with Crippen LogP contribution in [0, 0.1) is 0 Å². The largest absolute Gasteiger partial charge is 0.496 e. The summed E-state index contributed by atoms with van der Waals surface area (Å²) in [4.78, 5) is 28.7. The van der Waals surface area contributed by atoms with Crippen LogP contribution in [0.25, 0.3) is 0 Å². The van der Waals surface area contributed by atoms with Crippen molar-refractivity contribution in [3.63, 3.8) is 0 Å². The third kappa shape index (κ3) is 5.45. The molecule has 2 aliphatic heterocycles. The highest BCUT2D eigenvalue weighted by Crippen LogP contribution is 2.20. The molecule has 0 aromatic heterocycles. The first-order valence-corrected chi connectivity index (χ1v) is 9.96. The Bertz CT molecular complexity index is 635. The normalized spacial score (nSPS) is 20.4. The van der Waals surface area contributed by atoms with Gasteiger partial charge in [-0.25, -0.2) is 0 Å². The highest BCUT2D eigenvalue weighted by molar-refractivity contribution is 5.79. The maximum atomic E-state index is 12.5. The van der Waals surface area contributed by atoms with E-state index in [0.29, 0.717) is 45.4 Å². The molecule has 3 rings (SSSR count). The average Bonchev–Trinajstić information content (AvgIpc) is 2.73. The van der Waals surface area contributed by atoms with E-state index in [2.05, 4.69) is 0 Å². The Morgan fingerprint density at radius 2 is 1.78 bits per heavy atom. The Morgan fingerprint density at radius 3 is 2.44 bits per heavy atom. The maximum absolute atomic E-state index is 12.5. The molecular formula is C21H30N2O4. The Labute approximate surface area is 161 Å². The molecule has 1 aromatic carbocycles. The number of piperazine rings is 1. The highest BCUT2D eigenvalue weighted by atomic mass is 16.5. The minimum absolute atomic E-state index is 0.0757. The molecule has 0 saturated carbocycles. The number of carbonyl (C=O) groups excluding carboxylic acids is 2. The van der Waals surface area contributed by atoms with Crippen molar-refractivity contribution in [1.29, 1.82) is 0 Å². The Morgan fingerprint density at radius 1 is 1.07 bits per heavy atom. The van der Waals surface area contributed by atoms with E-state index in [1.807, 2.05) is 34.1 Å². The van der Waals surface area contributed by atoms with E-state index in [-0.39, 0.29) is 17.9 Å². The van der Waals surface area contributed by atoms with Crippen molar-refractivity contribution in [2.45, 2.75) is 44.6 Å². The second kappa shape index (κ2) is 9.74. The molecule has 0 radical (unpaired) electrons. The lowest BCUT2D eigenvalue weighted by atomic mass is 10.1. The van der Waals surface area contributed by atoms with Gasteiger partial charge in [0.25, 0.3) is 0 Å². The quantitative estimate of drug-likeness (QED) is 0.766. The molecule has 2 heterocycles. The van der Waals surface area contributed by atoms with Crippen molar-refractivity contribution in [1.82, 2.24) is 9.80 Å². The third-order valence-corrected chi connectivity index (χ3v) is 5.46. The lowest BCUT2D eigenvalue weighted by Gasteiger charge is -2.35. The summed E-state index contributed by atoms with van der Waals surface area (Å²) >= 11 is 0. The number of aryl methyl sites for hydroxylation is 1. The smallest absolute Gasteiger partial charge is 0.225 e. The van der Waals surface area contributed by atoms with Gasteiger partial charge in [-0.1, -0.05) is 18.2 Å². The molecule has 0 aliphatic carbocycles.